The van der Waals surface area contributed by atoms with E-state index in [-0.39, 0.29) is 23.3 Å². The van der Waals surface area contributed by atoms with E-state index < -0.39 is 0 Å². The molecule has 4 saturated carbocycles. The van der Waals surface area contributed by atoms with E-state index in [9.17, 15) is 14.4 Å². The molecule has 0 radical (unpaired) electrons. The summed E-state index contributed by atoms with van der Waals surface area (Å²) in [7, 11) is 1.04. The molecule has 4 aliphatic carbocycles. The fourth-order valence-corrected chi connectivity index (χ4v) is 20.0. The normalized spacial score (nSPS) is 22.9. The minimum absolute atomic E-state index is 0.0628. The number of fused-ring (bicyclic) bond motifs is 3. The molecule has 3 heterocycles. The zero-order valence-electron chi connectivity index (χ0n) is 41.6. The first-order valence-corrected chi connectivity index (χ1v) is 30.8. The van der Waals surface area contributed by atoms with E-state index in [1.165, 1.54) is 130 Å². The van der Waals surface area contributed by atoms with E-state index in [0.717, 1.165) is 58.9 Å². The van der Waals surface area contributed by atoms with Gasteiger partial charge in [-0.25, -0.2) is 9.59 Å². The summed E-state index contributed by atoms with van der Waals surface area (Å²) in [5.41, 5.74) is 0.644. The lowest BCUT2D eigenvalue weighted by Crippen LogP contribution is -2.51. The molecule has 3 aliphatic heterocycles. The number of benzene rings is 6. The van der Waals surface area contributed by atoms with Crippen molar-refractivity contribution in [3.63, 3.8) is 0 Å². The van der Waals surface area contributed by atoms with Gasteiger partial charge in [-0.2, -0.15) is 0 Å². The number of rotatable bonds is 9. The van der Waals surface area contributed by atoms with Crippen LogP contribution < -0.4 is 14.2 Å². The van der Waals surface area contributed by atoms with Crippen LogP contribution in [0.25, 0.3) is 32.3 Å². The van der Waals surface area contributed by atoms with Crippen LogP contribution in [0.2, 0.25) is 0 Å². The molecule has 9 heteroatoms. The van der Waals surface area contributed by atoms with E-state index in [2.05, 4.69) is 86.0 Å². The van der Waals surface area contributed by atoms with E-state index in [1.54, 1.807) is 13.8 Å². The number of hydrogen-bond donors (Lipinski definition) is 0. The molecule has 7 fully saturated rings. The summed E-state index contributed by atoms with van der Waals surface area (Å²) in [6, 6.07) is 37.5. The van der Waals surface area contributed by atoms with Crippen LogP contribution in [0.4, 0.5) is 0 Å². The molecule has 0 aromatic heterocycles. The van der Waals surface area contributed by atoms with Gasteiger partial charge in [0.05, 0.1) is 5.41 Å². The number of ether oxygens (including phenoxy) is 3. The molecule has 368 valence electrons. The summed E-state index contributed by atoms with van der Waals surface area (Å²) >= 11 is 0. The first-order chi connectivity index (χ1) is 34.5. The standard InChI is InChI=1S/C25H29O2S.C19H21O2S.C18H19O2S/c26-24(25-14-17-11-18(15-25)13-19(12-17)16-25)27-22-7-8-23(28-9-3-4-10-28)21-6-2-1-5-20(21)22;1-14(2)19(20)21-17-10-11-18(22-12-6-3-7-13-22)16-9-5-4-8-15(16)17;1-13(2)18(19)20-16-9-10-17(21-11-5-6-12-21)15-8-4-3-7-14(15)16/h1-2,5-8,17-19H,3-4,9-16H2;4-5,8-11H,1,3,6-7,12-13H2,2H3;3-4,7-10H,1,5-6,11-12H2,2H3/q3*+1. The van der Waals surface area contributed by atoms with Crippen molar-refractivity contribution >= 4 is 82.9 Å². The Morgan fingerprint density at radius 1 is 0.423 bits per heavy atom. The Labute approximate surface area is 429 Å². The molecule has 0 spiro atoms. The smallest absolute Gasteiger partial charge is 0.338 e. The van der Waals surface area contributed by atoms with Gasteiger partial charge in [0.1, 0.15) is 51.8 Å². The summed E-state index contributed by atoms with van der Waals surface area (Å²) in [5.74, 6) is 11.5. The average Bonchev–Trinajstić information content (AvgIpc) is 4.14. The molecule has 0 N–H and O–H groups in total. The maximum atomic E-state index is 13.4. The van der Waals surface area contributed by atoms with Crippen LogP contribution in [0.5, 0.6) is 17.2 Å². The summed E-state index contributed by atoms with van der Waals surface area (Å²) in [5, 5.41) is 6.90. The molecule has 13 rings (SSSR count). The third-order valence-corrected chi connectivity index (χ3v) is 23.2. The highest BCUT2D eigenvalue weighted by molar-refractivity contribution is 7.97. The fraction of sp³-hybridized carbons (Fsp3) is 0.403. The third-order valence-electron chi connectivity index (χ3n) is 15.6. The maximum Gasteiger partial charge on any atom is 0.338 e. The minimum atomic E-state index is -0.365. The van der Waals surface area contributed by atoms with Gasteiger partial charge in [-0.3, -0.25) is 4.79 Å². The molecule has 3 saturated heterocycles. The Hall–Kier alpha value is -4.96. The van der Waals surface area contributed by atoms with Crippen molar-refractivity contribution in [2.75, 3.05) is 34.5 Å². The first kappa shape index (κ1) is 49.6. The second kappa shape index (κ2) is 22.0. The summed E-state index contributed by atoms with van der Waals surface area (Å²) in [4.78, 5) is 41.3. The van der Waals surface area contributed by atoms with Gasteiger partial charge in [0.25, 0.3) is 0 Å². The topological polar surface area (TPSA) is 78.9 Å². The second-order valence-corrected chi connectivity index (χ2v) is 27.7. The third kappa shape index (κ3) is 10.9. The van der Waals surface area contributed by atoms with E-state index in [1.807, 2.05) is 36.4 Å². The highest BCUT2D eigenvalue weighted by Gasteiger charge is 2.55. The van der Waals surface area contributed by atoms with Crippen LogP contribution in [-0.2, 0) is 47.1 Å². The van der Waals surface area contributed by atoms with Crippen molar-refractivity contribution < 1.29 is 28.6 Å². The Morgan fingerprint density at radius 2 is 0.718 bits per heavy atom. The molecule has 6 aromatic carbocycles. The fourth-order valence-electron chi connectivity index (χ4n) is 12.5. The number of carbonyl (C=O) groups excluding carboxylic acids is 3. The van der Waals surface area contributed by atoms with Crippen molar-refractivity contribution in [2.45, 2.75) is 112 Å². The van der Waals surface area contributed by atoms with Gasteiger partial charge >= 0.3 is 17.9 Å². The molecule has 6 nitrogen and oxygen atoms in total. The van der Waals surface area contributed by atoms with Gasteiger partial charge in [-0.1, -0.05) is 67.8 Å². The summed E-state index contributed by atoms with van der Waals surface area (Å²) < 4.78 is 17.2. The predicted octanol–water partition coefficient (Wildman–Crippen LogP) is 14.3. The first-order valence-electron chi connectivity index (χ1n) is 26.1. The van der Waals surface area contributed by atoms with Gasteiger partial charge in [0.15, 0.2) is 14.7 Å². The summed E-state index contributed by atoms with van der Waals surface area (Å²) in [6.45, 7) is 10.6. The van der Waals surface area contributed by atoms with Gasteiger partial charge in [0.2, 0.25) is 0 Å². The van der Waals surface area contributed by atoms with Crippen LogP contribution in [-0.4, -0.2) is 52.4 Å². The van der Waals surface area contributed by atoms with Crippen LogP contribution in [0.1, 0.15) is 97.3 Å². The lowest BCUT2D eigenvalue weighted by atomic mass is 9.49. The highest BCUT2D eigenvalue weighted by Crippen LogP contribution is 2.60. The van der Waals surface area contributed by atoms with E-state index in [4.69, 9.17) is 14.2 Å². The van der Waals surface area contributed by atoms with Crippen LogP contribution in [0.15, 0.2) is 148 Å². The molecular weight excluding hydrogens is 937 g/mol. The van der Waals surface area contributed by atoms with Crippen LogP contribution in [0, 0.1) is 23.2 Å². The predicted molar refractivity (Wildman–Crippen MR) is 297 cm³/mol. The van der Waals surface area contributed by atoms with Gasteiger partial charge in [-0.05, 0) is 170 Å². The Bertz CT molecular complexity index is 2940. The van der Waals surface area contributed by atoms with Crippen LogP contribution in [0.3, 0.4) is 0 Å². The molecule has 0 atom stereocenters. The molecule has 4 bridgehead atoms. The Balaban J connectivity index is 0.000000125. The molecular formula is C62H69O6S3+3. The lowest BCUT2D eigenvalue weighted by Gasteiger charge is -2.55. The summed E-state index contributed by atoms with van der Waals surface area (Å²) in [6.07, 6.45) is 16.6. The van der Waals surface area contributed by atoms with Crippen LogP contribution >= 0.6 is 0 Å². The van der Waals surface area contributed by atoms with Crippen molar-refractivity contribution in [1.82, 2.24) is 0 Å². The number of carbonyl (C=O) groups is 3. The molecule has 7 aliphatic rings. The van der Waals surface area contributed by atoms with Crippen molar-refractivity contribution in [2.24, 2.45) is 23.2 Å². The zero-order chi connectivity index (χ0) is 49.1. The van der Waals surface area contributed by atoms with Crippen molar-refractivity contribution in [3.8, 4) is 17.2 Å². The van der Waals surface area contributed by atoms with E-state index in [0.29, 0.717) is 55.3 Å². The van der Waals surface area contributed by atoms with E-state index >= 15 is 0 Å². The lowest BCUT2D eigenvalue weighted by molar-refractivity contribution is -0.161. The number of esters is 3. The van der Waals surface area contributed by atoms with Gasteiger partial charge in [-0.15, -0.1) is 0 Å². The minimum Gasteiger partial charge on any atom is -0.425 e. The van der Waals surface area contributed by atoms with Crippen molar-refractivity contribution in [1.29, 1.82) is 0 Å². The SMILES string of the molecule is C=C(C)C(=O)Oc1ccc([S+]2CCCC2)c2ccccc12.C=C(C)C(=O)Oc1ccc([S+]2CCCCC2)c2ccccc12.O=C(Oc1ccc([S+]2CCCC2)c2ccccc12)C12CC3CC(CC(C3)C1)C2. The zero-order valence-corrected chi connectivity index (χ0v) is 44.1. The Morgan fingerprint density at radius 3 is 1.04 bits per heavy atom. The van der Waals surface area contributed by atoms with Crippen molar-refractivity contribution in [3.05, 3.63) is 133 Å². The molecule has 71 heavy (non-hydrogen) atoms. The molecule has 6 aromatic rings. The largest absolute Gasteiger partial charge is 0.425 e. The average molecular weight is 1010 g/mol. The molecule has 0 amide bonds. The van der Waals surface area contributed by atoms with Gasteiger partial charge in [0, 0.05) is 76.1 Å². The second-order valence-electron chi connectivity index (χ2n) is 20.9. The Kier molecular flexibility index (Phi) is 15.4. The monoisotopic (exact) mass is 1010 g/mol. The quantitative estimate of drug-likeness (QED) is 0.0621. The highest BCUT2D eigenvalue weighted by atomic mass is 32.2. The molecule has 0 unspecified atom stereocenters. The number of hydrogen-bond acceptors (Lipinski definition) is 6. The maximum absolute atomic E-state index is 13.4. The van der Waals surface area contributed by atoms with Gasteiger partial charge < -0.3 is 14.2 Å².